The van der Waals surface area contributed by atoms with Gasteiger partial charge in [0.2, 0.25) is 0 Å². The zero-order valence-electron chi connectivity index (χ0n) is 41.2. The first kappa shape index (κ1) is 43.4. The van der Waals surface area contributed by atoms with Gasteiger partial charge in [-0.25, -0.2) is 0 Å². The largest absolute Gasteiger partial charge is 0.0622 e. The molecule has 0 unspecified atom stereocenters. The first-order valence-electron chi connectivity index (χ1n) is 25.4. The van der Waals surface area contributed by atoms with Crippen LogP contribution in [0.5, 0.6) is 0 Å². The van der Waals surface area contributed by atoms with Gasteiger partial charge in [0.05, 0.1) is 0 Å². The third-order valence-electron chi connectivity index (χ3n) is 15.8. The molecule has 0 aliphatic heterocycles. The maximum atomic E-state index is 2.59. The van der Waals surface area contributed by atoms with Crippen LogP contribution in [0.2, 0.25) is 0 Å². The third kappa shape index (κ3) is 7.29. The van der Waals surface area contributed by atoms with Crippen LogP contribution in [-0.2, 0) is 10.8 Å². The fraction of sp³-hybridized carbons (Fsp3) is 0.0833. The second-order valence-electron chi connectivity index (χ2n) is 20.9. The van der Waals surface area contributed by atoms with Crippen molar-refractivity contribution in [1.82, 2.24) is 0 Å². The SMILES string of the molecule is CC1(C)c2cc3c(cc2-c2c(-c4ccccc4)cc(-c4cc(-c5ccccc5)cc(-c5ccccc5)c4)cc21)C(C)(C)c1cc(-c2cc(-c4ccccc4)cc(-c4ccccc4)c2)cc(-c2ccccc2)c1-3. The third-order valence-corrected chi connectivity index (χ3v) is 15.8. The number of hydrogen-bond acceptors (Lipinski definition) is 0. The fourth-order valence-corrected chi connectivity index (χ4v) is 12.0. The van der Waals surface area contributed by atoms with Crippen molar-refractivity contribution in [2.24, 2.45) is 0 Å². The van der Waals surface area contributed by atoms with Crippen LogP contribution in [0.1, 0.15) is 49.9 Å². The van der Waals surface area contributed by atoms with Crippen molar-refractivity contribution in [3.05, 3.63) is 277 Å². The highest BCUT2D eigenvalue weighted by Gasteiger charge is 2.44. The molecule has 0 heteroatoms. The Morgan fingerprint density at radius 3 is 0.667 bits per heavy atom. The monoisotopic (exact) mass is 918 g/mol. The summed E-state index contributed by atoms with van der Waals surface area (Å²) in [4.78, 5) is 0. The Hall–Kier alpha value is -8.58. The van der Waals surface area contributed by atoms with Crippen LogP contribution in [0.3, 0.4) is 0 Å². The van der Waals surface area contributed by atoms with E-state index in [4.69, 9.17) is 0 Å². The molecule has 0 radical (unpaired) electrons. The molecule has 11 aromatic rings. The standard InChI is InChI=1S/C72H54/c1-71(2)65-45-64-66(46-63(65)69-61(51-31-19-9-20-32-51)41-59(43-67(69)71)57-37-53(47-23-11-5-12-24-47)35-54(38-57)48-25-13-6-14-26-48)72(3,4)68-44-60(42-62(70(64)68)52-33-21-10-22-34-52)58-39-55(49-27-15-7-16-28-49)36-56(40-58)50-29-17-8-18-30-50/h5-46H,1-4H3. The van der Waals surface area contributed by atoms with E-state index in [1.807, 2.05) is 0 Å². The topological polar surface area (TPSA) is 0 Å². The molecule has 11 aromatic carbocycles. The molecule has 0 nitrogen and oxygen atoms in total. The average molecular weight is 919 g/mol. The van der Waals surface area contributed by atoms with Gasteiger partial charge in [0.25, 0.3) is 0 Å². The summed E-state index contributed by atoms with van der Waals surface area (Å²) in [6, 6.07) is 94.8. The van der Waals surface area contributed by atoms with Gasteiger partial charge in [0.15, 0.2) is 0 Å². The minimum absolute atomic E-state index is 0.288. The zero-order chi connectivity index (χ0) is 48.6. The van der Waals surface area contributed by atoms with Gasteiger partial charge in [0.1, 0.15) is 0 Å². The number of fused-ring (bicyclic) bond motifs is 6. The summed E-state index contributed by atoms with van der Waals surface area (Å²) in [7, 11) is 0. The normalized spacial score (nSPS) is 13.5. The molecular weight excluding hydrogens is 865 g/mol. The summed E-state index contributed by atoms with van der Waals surface area (Å²) in [5, 5.41) is 0. The van der Waals surface area contributed by atoms with E-state index in [0.29, 0.717) is 0 Å². The average Bonchev–Trinajstić information content (AvgIpc) is 3.81. The second kappa shape index (κ2) is 17.1. The van der Waals surface area contributed by atoms with Crippen molar-refractivity contribution in [2.45, 2.75) is 38.5 Å². The van der Waals surface area contributed by atoms with Crippen molar-refractivity contribution < 1.29 is 0 Å². The molecule has 72 heavy (non-hydrogen) atoms. The highest BCUT2D eigenvalue weighted by Crippen LogP contribution is 2.60. The fourth-order valence-electron chi connectivity index (χ4n) is 12.0. The molecule has 0 heterocycles. The Kier molecular flexibility index (Phi) is 10.3. The summed E-state index contributed by atoms with van der Waals surface area (Å²) in [5.41, 5.74) is 29.9. The Labute approximate surface area is 424 Å². The van der Waals surface area contributed by atoms with Gasteiger partial charge >= 0.3 is 0 Å². The summed E-state index contributed by atoms with van der Waals surface area (Å²) in [6.07, 6.45) is 0. The van der Waals surface area contributed by atoms with E-state index in [0.717, 1.165) is 0 Å². The van der Waals surface area contributed by atoms with Crippen LogP contribution in [0.4, 0.5) is 0 Å². The number of rotatable bonds is 8. The van der Waals surface area contributed by atoms with Gasteiger partial charge in [-0.3, -0.25) is 0 Å². The van der Waals surface area contributed by atoms with Gasteiger partial charge in [-0.1, -0.05) is 210 Å². The van der Waals surface area contributed by atoms with E-state index < -0.39 is 0 Å². The lowest BCUT2D eigenvalue weighted by molar-refractivity contribution is 0.652. The van der Waals surface area contributed by atoms with Crippen molar-refractivity contribution in [3.63, 3.8) is 0 Å². The molecule has 0 bridgehead atoms. The van der Waals surface area contributed by atoms with Crippen LogP contribution in [0, 0.1) is 0 Å². The summed E-state index contributed by atoms with van der Waals surface area (Å²) < 4.78 is 0. The smallest absolute Gasteiger partial charge is 0.0159 e. The van der Waals surface area contributed by atoms with E-state index in [1.165, 1.54) is 134 Å². The predicted molar refractivity (Wildman–Crippen MR) is 305 cm³/mol. The summed E-state index contributed by atoms with van der Waals surface area (Å²) >= 11 is 0. The Morgan fingerprint density at radius 2 is 0.403 bits per heavy atom. The zero-order valence-corrected chi connectivity index (χ0v) is 41.2. The molecule has 0 spiro atoms. The minimum atomic E-state index is -0.288. The number of hydrogen-bond donors (Lipinski definition) is 0. The summed E-state index contributed by atoms with van der Waals surface area (Å²) in [6.45, 7) is 9.80. The highest BCUT2D eigenvalue weighted by molar-refractivity contribution is 6.01. The molecule has 0 fully saturated rings. The molecule has 0 saturated heterocycles. The van der Waals surface area contributed by atoms with Crippen molar-refractivity contribution in [3.8, 4) is 111 Å². The van der Waals surface area contributed by atoms with E-state index >= 15 is 0 Å². The second-order valence-corrected chi connectivity index (χ2v) is 20.9. The predicted octanol–water partition coefficient (Wildman–Crippen LogP) is 19.6. The lowest BCUT2D eigenvalue weighted by Gasteiger charge is -2.24. The maximum absolute atomic E-state index is 2.59. The molecular formula is C72H54. The van der Waals surface area contributed by atoms with Gasteiger partial charge in [0, 0.05) is 10.8 Å². The molecule has 0 amide bonds. The molecule has 2 aliphatic carbocycles. The van der Waals surface area contributed by atoms with Gasteiger partial charge < -0.3 is 0 Å². The van der Waals surface area contributed by atoms with Crippen LogP contribution in [0.25, 0.3) is 111 Å². The van der Waals surface area contributed by atoms with E-state index in [-0.39, 0.29) is 10.8 Å². The van der Waals surface area contributed by atoms with Gasteiger partial charge in [-0.15, -0.1) is 0 Å². The van der Waals surface area contributed by atoms with Crippen molar-refractivity contribution >= 4 is 0 Å². The van der Waals surface area contributed by atoms with Crippen LogP contribution >= 0.6 is 0 Å². The Bertz CT molecular complexity index is 3470. The lowest BCUT2D eigenvalue weighted by Crippen LogP contribution is -2.17. The Balaban J connectivity index is 1.01. The maximum Gasteiger partial charge on any atom is 0.0159 e. The van der Waals surface area contributed by atoms with Crippen LogP contribution < -0.4 is 0 Å². The number of benzene rings is 11. The van der Waals surface area contributed by atoms with E-state index in [1.54, 1.807) is 0 Å². The molecule has 0 saturated carbocycles. The minimum Gasteiger partial charge on any atom is -0.0622 e. The van der Waals surface area contributed by atoms with Crippen LogP contribution in [-0.4, -0.2) is 0 Å². The molecule has 0 aromatic heterocycles. The molecule has 2 aliphatic rings. The molecule has 13 rings (SSSR count). The van der Waals surface area contributed by atoms with Gasteiger partial charge in [-0.2, -0.15) is 0 Å². The van der Waals surface area contributed by atoms with E-state index in [2.05, 4.69) is 282 Å². The van der Waals surface area contributed by atoms with E-state index in [9.17, 15) is 0 Å². The quantitative estimate of drug-likeness (QED) is 0.142. The van der Waals surface area contributed by atoms with Crippen LogP contribution in [0.15, 0.2) is 255 Å². The summed E-state index contributed by atoms with van der Waals surface area (Å²) in [5.74, 6) is 0. The highest BCUT2D eigenvalue weighted by atomic mass is 14.5. The first-order valence-corrected chi connectivity index (χ1v) is 25.4. The first-order chi connectivity index (χ1) is 35.2. The van der Waals surface area contributed by atoms with Crippen molar-refractivity contribution in [1.29, 1.82) is 0 Å². The van der Waals surface area contributed by atoms with Crippen molar-refractivity contribution in [2.75, 3.05) is 0 Å². The molecule has 0 atom stereocenters. The molecule has 342 valence electrons. The van der Waals surface area contributed by atoms with Gasteiger partial charge in [-0.05, 0) is 206 Å². The molecule has 0 N–H and O–H groups in total. The Morgan fingerprint density at radius 1 is 0.181 bits per heavy atom. The lowest BCUT2D eigenvalue weighted by atomic mass is 9.78.